The summed E-state index contributed by atoms with van der Waals surface area (Å²) >= 11 is 0. The molecule has 0 unspecified atom stereocenters. The van der Waals surface area contributed by atoms with Crippen LogP contribution in [0, 0.1) is 0 Å². The van der Waals surface area contributed by atoms with Crippen LogP contribution in [0.2, 0.25) is 0 Å². The van der Waals surface area contributed by atoms with Crippen LogP contribution in [0.5, 0.6) is 0 Å². The van der Waals surface area contributed by atoms with Crippen molar-refractivity contribution in [3.8, 4) is 0 Å². The zero-order valence-electron chi connectivity index (χ0n) is 3.21. The molecule has 4 nitrogen and oxygen atoms in total. The molecule has 0 rings (SSSR count). The molecule has 0 saturated carbocycles. The zero-order chi connectivity index (χ0) is 2.71. The monoisotopic (exact) mass is 209 g/mol. The second kappa shape index (κ2) is 58.4. The van der Waals surface area contributed by atoms with E-state index in [0.717, 1.165) is 0 Å². The first-order chi connectivity index (χ1) is 1.41. The Labute approximate surface area is 72.5 Å². The third-order valence-corrected chi connectivity index (χ3v) is 0. The molecule has 0 aliphatic heterocycles. The first-order valence-corrected chi connectivity index (χ1v) is 1.22. The molecule has 32 valence electrons. The van der Waals surface area contributed by atoms with E-state index in [1.807, 2.05) is 0 Å². The molecule has 0 aromatic rings. The van der Waals surface area contributed by atoms with Crippen LogP contribution >= 0.6 is 0 Å². The SMILES string of the molecule is O=[Si]=O.[Al+3].[O-2].[O-2].[Zr+4]. The van der Waals surface area contributed by atoms with Crippen LogP contribution in [-0.4, -0.2) is 26.7 Å². The standard InChI is InChI=1S/Al.O2Si.2O.Zr/c;1-3-2;;;/q+3;;2*-2;+4. The Bertz CT molecular complexity index is 32.7. The molecule has 0 saturated heterocycles. The van der Waals surface area contributed by atoms with E-state index in [2.05, 4.69) is 0 Å². The minimum Gasteiger partial charge on any atom is -2.00 e. The van der Waals surface area contributed by atoms with Gasteiger partial charge in [0.05, 0.1) is 0 Å². The van der Waals surface area contributed by atoms with Crippen molar-refractivity contribution in [2.75, 3.05) is 0 Å². The van der Waals surface area contributed by atoms with E-state index >= 15 is 0 Å². The number of rotatable bonds is 0. The summed E-state index contributed by atoms with van der Waals surface area (Å²) in [5.41, 5.74) is 0. The van der Waals surface area contributed by atoms with Crippen LogP contribution < -0.4 is 0 Å². The molecule has 0 fully saturated rings. The second-order valence-electron chi connectivity index (χ2n) is 0.0833. The molecular weight excluding hydrogens is 210 g/mol. The van der Waals surface area contributed by atoms with Gasteiger partial charge in [-0.3, -0.25) is 8.92 Å². The molecule has 0 heterocycles. The molecular formula is AlO4SiZr+3. The number of hydrogen-bond donors (Lipinski definition) is 0. The van der Waals surface area contributed by atoms with Crippen LogP contribution in [0.3, 0.4) is 0 Å². The van der Waals surface area contributed by atoms with Gasteiger partial charge >= 0.3 is 52.9 Å². The predicted molar refractivity (Wildman–Crippen MR) is 14.3 cm³/mol. The third kappa shape index (κ3) is 143. The topological polar surface area (TPSA) is 91.1 Å². The fourth-order valence-electron chi connectivity index (χ4n) is 0. The average Bonchev–Trinajstić information content (AvgIpc) is 0.918. The minimum absolute atomic E-state index is 0. The van der Waals surface area contributed by atoms with Crippen molar-refractivity contribution in [3.05, 3.63) is 0 Å². The summed E-state index contributed by atoms with van der Waals surface area (Å²) in [6.45, 7) is 0. The maximum absolute atomic E-state index is 8.40. The molecule has 7 heteroatoms. The Morgan fingerprint density at radius 1 is 1.00 bits per heavy atom. The van der Waals surface area contributed by atoms with Crippen molar-refractivity contribution in [1.29, 1.82) is 0 Å². The van der Waals surface area contributed by atoms with E-state index in [-0.39, 0.29) is 54.5 Å². The van der Waals surface area contributed by atoms with Gasteiger partial charge in [-0.25, -0.2) is 0 Å². The third-order valence-electron chi connectivity index (χ3n) is 0. The van der Waals surface area contributed by atoms with Crippen LogP contribution in [0.1, 0.15) is 0 Å². The van der Waals surface area contributed by atoms with Gasteiger partial charge in [0.25, 0.3) is 0 Å². The van der Waals surface area contributed by atoms with Crippen molar-refractivity contribution < 1.29 is 46.1 Å². The van der Waals surface area contributed by atoms with Gasteiger partial charge in [-0.2, -0.15) is 0 Å². The van der Waals surface area contributed by atoms with Gasteiger partial charge in [-0.05, 0) is 0 Å². The molecule has 0 radical (unpaired) electrons. The Kier molecular flexibility index (Phi) is 350. The molecule has 0 aliphatic rings. The van der Waals surface area contributed by atoms with Crippen molar-refractivity contribution in [1.82, 2.24) is 0 Å². The van der Waals surface area contributed by atoms with Gasteiger partial charge < -0.3 is 11.0 Å². The molecule has 0 aromatic carbocycles. The predicted octanol–water partition coefficient (Wildman–Crippen LogP) is -1.24. The first-order valence-electron chi connectivity index (χ1n) is 0.408. The molecule has 0 N–H and O–H groups in total. The van der Waals surface area contributed by atoms with Gasteiger partial charge in [0.1, 0.15) is 0 Å². The van der Waals surface area contributed by atoms with E-state index in [9.17, 15) is 0 Å². The van der Waals surface area contributed by atoms with Crippen molar-refractivity contribution >= 4 is 26.7 Å². The van der Waals surface area contributed by atoms with E-state index < -0.39 is 9.29 Å². The van der Waals surface area contributed by atoms with Gasteiger partial charge in [0.15, 0.2) is 0 Å². The van der Waals surface area contributed by atoms with Crippen LogP contribution in [0.15, 0.2) is 0 Å². The summed E-state index contributed by atoms with van der Waals surface area (Å²) in [6.07, 6.45) is 0. The molecule has 0 atom stereocenters. The molecule has 0 spiro atoms. The van der Waals surface area contributed by atoms with Crippen LogP contribution in [-0.2, 0) is 46.1 Å². The maximum Gasteiger partial charge on any atom is 4.00 e. The normalized spacial score (nSPS) is 1.14. The smallest absolute Gasteiger partial charge is 2.00 e. The van der Waals surface area contributed by atoms with Gasteiger partial charge in [0.2, 0.25) is 0 Å². The summed E-state index contributed by atoms with van der Waals surface area (Å²) in [7, 11) is -1.42. The molecule has 0 aliphatic carbocycles. The minimum atomic E-state index is -1.42. The first kappa shape index (κ1) is 42.0. The Morgan fingerprint density at radius 3 is 1.00 bits per heavy atom. The average molecular weight is 210 g/mol. The zero-order valence-corrected chi connectivity index (χ0v) is 7.82. The molecule has 0 aromatic heterocycles. The Hall–Kier alpha value is 1.15. The number of hydrogen-bond acceptors (Lipinski definition) is 2. The molecule has 7 heavy (non-hydrogen) atoms. The maximum atomic E-state index is 8.40. The summed E-state index contributed by atoms with van der Waals surface area (Å²) in [5, 5.41) is 0. The van der Waals surface area contributed by atoms with Gasteiger partial charge in [-0.15, -0.1) is 0 Å². The van der Waals surface area contributed by atoms with Gasteiger partial charge in [-0.1, -0.05) is 0 Å². The summed E-state index contributed by atoms with van der Waals surface area (Å²) in [4.78, 5) is 0. The summed E-state index contributed by atoms with van der Waals surface area (Å²) in [5.74, 6) is 0. The van der Waals surface area contributed by atoms with Crippen molar-refractivity contribution in [2.45, 2.75) is 0 Å². The fourth-order valence-corrected chi connectivity index (χ4v) is 0. The van der Waals surface area contributed by atoms with E-state index in [1.165, 1.54) is 0 Å². The van der Waals surface area contributed by atoms with Crippen LogP contribution in [0.25, 0.3) is 0 Å². The van der Waals surface area contributed by atoms with E-state index in [0.29, 0.717) is 0 Å². The molecule has 0 bridgehead atoms. The molecule has 0 amide bonds. The fraction of sp³-hybridized carbons (Fsp3) is 0. The van der Waals surface area contributed by atoms with Crippen molar-refractivity contribution in [2.24, 2.45) is 0 Å². The van der Waals surface area contributed by atoms with Crippen molar-refractivity contribution in [3.63, 3.8) is 0 Å². The van der Waals surface area contributed by atoms with E-state index in [1.54, 1.807) is 0 Å². The quantitative estimate of drug-likeness (QED) is 0.468. The summed E-state index contributed by atoms with van der Waals surface area (Å²) < 4.78 is 16.8. The summed E-state index contributed by atoms with van der Waals surface area (Å²) in [6, 6.07) is 0. The van der Waals surface area contributed by atoms with Gasteiger partial charge in [0, 0.05) is 0 Å². The Morgan fingerprint density at radius 2 is 1.00 bits per heavy atom. The largest absolute Gasteiger partial charge is 4.00 e. The van der Waals surface area contributed by atoms with E-state index in [4.69, 9.17) is 8.92 Å². The van der Waals surface area contributed by atoms with Crippen LogP contribution in [0.4, 0.5) is 0 Å². The second-order valence-corrected chi connectivity index (χ2v) is 0.250. The Balaban J connectivity index is -0.00000000333.